The van der Waals surface area contributed by atoms with Crippen molar-refractivity contribution in [3.05, 3.63) is 0 Å². The lowest BCUT2D eigenvalue weighted by molar-refractivity contribution is 0.118. The maximum absolute atomic E-state index is 6.46. The van der Waals surface area contributed by atoms with Gasteiger partial charge in [-0.1, -0.05) is 53.4 Å². The lowest BCUT2D eigenvalue weighted by Crippen LogP contribution is -2.50. The van der Waals surface area contributed by atoms with Crippen LogP contribution in [0.25, 0.3) is 0 Å². The maximum atomic E-state index is 6.46. The molecule has 2 N–H and O–H groups in total. The molecular weight excluding hydrogens is 220 g/mol. The zero-order valence-corrected chi connectivity index (χ0v) is 13.0. The minimum Gasteiger partial charge on any atom is -0.326 e. The number of nitrogens with zero attached hydrogens (tertiary/aromatic N) is 1. The van der Waals surface area contributed by atoms with Crippen molar-refractivity contribution >= 4 is 0 Å². The molecule has 108 valence electrons. The average Bonchev–Trinajstić information content (AvgIpc) is 2.21. The van der Waals surface area contributed by atoms with E-state index in [0.717, 1.165) is 11.8 Å². The summed E-state index contributed by atoms with van der Waals surface area (Å²) < 4.78 is 0. The molecule has 0 aromatic rings. The van der Waals surface area contributed by atoms with Gasteiger partial charge in [-0.15, -0.1) is 0 Å². The first kappa shape index (κ1) is 16.0. The molecular formula is C16H34N2. The first-order chi connectivity index (χ1) is 8.50. The molecule has 1 fully saturated rings. The first-order valence-electron chi connectivity index (χ1n) is 8.00. The standard InChI is InChI=1S/C16H34N2/c1-13(2)11-18(12-14(3)4)16-10-8-6-5-7-9-15(16)17/h13-16H,5-12,17H2,1-4H3. The predicted molar refractivity (Wildman–Crippen MR) is 80.7 cm³/mol. The van der Waals surface area contributed by atoms with Crippen molar-refractivity contribution in [2.24, 2.45) is 17.6 Å². The van der Waals surface area contributed by atoms with Gasteiger partial charge in [0, 0.05) is 25.2 Å². The van der Waals surface area contributed by atoms with Crippen LogP contribution >= 0.6 is 0 Å². The van der Waals surface area contributed by atoms with Crippen molar-refractivity contribution in [2.75, 3.05) is 13.1 Å². The second-order valence-electron chi connectivity index (χ2n) is 6.96. The zero-order chi connectivity index (χ0) is 13.5. The first-order valence-corrected chi connectivity index (χ1v) is 8.00. The summed E-state index contributed by atoms with van der Waals surface area (Å²) in [6.07, 6.45) is 8.01. The molecule has 2 nitrogen and oxygen atoms in total. The normalized spacial score (nSPS) is 26.7. The molecule has 2 heteroatoms. The van der Waals surface area contributed by atoms with Gasteiger partial charge >= 0.3 is 0 Å². The third-order valence-electron chi connectivity index (χ3n) is 3.95. The van der Waals surface area contributed by atoms with E-state index in [1.807, 2.05) is 0 Å². The van der Waals surface area contributed by atoms with Crippen LogP contribution in [-0.2, 0) is 0 Å². The molecule has 1 aliphatic rings. The van der Waals surface area contributed by atoms with Crippen molar-refractivity contribution in [1.29, 1.82) is 0 Å². The van der Waals surface area contributed by atoms with Gasteiger partial charge in [0.2, 0.25) is 0 Å². The van der Waals surface area contributed by atoms with Gasteiger partial charge in [-0.05, 0) is 24.7 Å². The maximum Gasteiger partial charge on any atom is 0.0247 e. The Bertz CT molecular complexity index is 203. The molecule has 1 aliphatic carbocycles. The molecule has 0 heterocycles. The van der Waals surface area contributed by atoms with Crippen LogP contribution in [0.1, 0.15) is 66.2 Å². The van der Waals surface area contributed by atoms with Crippen LogP contribution in [0, 0.1) is 11.8 Å². The largest absolute Gasteiger partial charge is 0.326 e. The number of hydrogen-bond acceptors (Lipinski definition) is 2. The molecule has 0 bridgehead atoms. The molecule has 1 saturated carbocycles. The fraction of sp³-hybridized carbons (Fsp3) is 1.00. The van der Waals surface area contributed by atoms with E-state index in [-0.39, 0.29) is 0 Å². The third kappa shape index (κ3) is 5.71. The summed E-state index contributed by atoms with van der Waals surface area (Å²) in [5.41, 5.74) is 6.46. The highest BCUT2D eigenvalue weighted by atomic mass is 15.2. The Hall–Kier alpha value is -0.0800. The molecule has 2 unspecified atom stereocenters. The highest BCUT2D eigenvalue weighted by Gasteiger charge is 2.26. The smallest absolute Gasteiger partial charge is 0.0247 e. The van der Waals surface area contributed by atoms with Crippen LogP contribution < -0.4 is 5.73 Å². The Balaban J connectivity index is 2.65. The minimum absolute atomic E-state index is 0.391. The van der Waals surface area contributed by atoms with E-state index in [4.69, 9.17) is 5.73 Å². The Morgan fingerprint density at radius 1 is 0.889 bits per heavy atom. The Labute approximate surface area is 114 Å². The van der Waals surface area contributed by atoms with Crippen LogP contribution in [0.2, 0.25) is 0 Å². The van der Waals surface area contributed by atoms with Gasteiger partial charge in [0.1, 0.15) is 0 Å². The van der Waals surface area contributed by atoms with Gasteiger partial charge in [-0.3, -0.25) is 4.90 Å². The summed E-state index contributed by atoms with van der Waals surface area (Å²) in [6, 6.07) is 1.01. The van der Waals surface area contributed by atoms with Gasteiger partial charge in [-0.2, -0.15) is 0 Å². The van der Waals surface area contributed by atoms with Crippen LogP contribution in [0.5, 0.6) is 0 Å². The van der Waals surface area contributed by atoms with E-state index in [2.05, 4.69) is 32.6 Å². The summed E-state index contributed by atoms with van der Waals surface area (Å²) in [6.45, 7) is 11.7. The van der Waals surface area contributed by atoms with Crippen molar-refractivity contribution in [1.82, 2.24) is 4.90 Å². The molecule has 0 amide bonds. The Morgan fingerprint density at radius 2 is 1.39 bits per heavy atom. The second-order valence-corrected chi connectivity index (χ2v) is 6.96. The predicted octanol–water partition coefficient (Wildman–Crippen LogP) is 3.65. The van der Waals surface area contributed by atoms with E-state index in [1.54, 1.807) is 0 Å². The molecule has 0 spiro atoms. The van der Waals surface area contributed by atoms with E-state index < -0.39 is 0 Å². The summed E-state index contributed by atoms with van der Waals surface area (Å²) in [5, 5.41) is 0. The summed E-state index contributed by atoms with van der Waals surface area (Å²) in [5.74, 6) is 1.47. The van der Waals surface area contributed by atoms with E-state index in [1.165, 1.54) is 51.6 Å². The third-order valence-corrected chi connectivity index (χ3v) is 3.95. The summed E-state index contributed by atoms with van der Waals surface area (Å²) in [7, 11) is 0. The summed E-state index contributed by atoms with van der Waals surface area (Å²) >= 11 is 0. The molecule has 0 radical (unpaired) electrons. The van der Waals surface area contributed by atoms with Crippen LogP contribution in [0.3, 0.4) is 0 Å². The van der Waals surface area contributed by atoms with Crippen LogP contribution in [0.15, 0.2) is 0 Å². The number of hydrogen-bond donors (Lipinski definition) is 1. The molecule has 0 aliphatic heterocycles. The number of nitrogens with two attached hydrogens (primary N) is 1. The molecule has 0 aromatic heterocycles. The number of rotatable bonds is 5. The average molecular weight is 254 g/mol. The Kier molecular flexibility index (Phi) is 7.25. The molecule has 0 aromatic carbocycles. The molecule has 2 atom stereocenters. The van der Waals surface area contributed by atoms with Crippen LogP contribution in [-0.4, -0.2) is 30.1 Å². The van der Waals surface area contributed by atoms with Crippen LogP contribution in [0.4, 0.5) is 0 Å². The SMILES string of the molecule is CC(C)CN(CC(C)C)C1CCCCCCC1N. The summed E-state index contributed by atoms with van der Waals surface area (Å²) in [4.78, 5) is 2.69. The molecule has 18 heavy (non-hydrogen) atoms. The molecule has 1 rings (SSSR count). The second kappa shape index (κ2) is 8.16. The highest BCUT2D eigenvalue weighted by Crippen LogP contribution is 2.22. The van der Waals surface area contributed by atoms with E-state index >= 15 is 0 Å². The van der Waals surface area contributed by atoms with Gasteiger partial charge in [0.15, 0.2) is 0 Å². The lowest BCUT2D eigenvalue weighted by Gasteiger charge is -2.38. The molecule has 0 saturated heterocycles. The van der Waals surface area contributed by atoms with E-state index in [9.17, 15) is 0 Å². The van der Waals surface area contributed by atoms with Gasteiger partial charge in [-0.25, -0.2) is 0 Å². The monoisotopic (exact) mass is 254 g/mol. The topological polar surface area (TPSA) is 29.3 Å². The lowest BCUT2D eigenvalue weighted by atomic mass is 9.90. The fourth-order valence-corrected chi connectivity index (χ4v) is 3.23. The van der Waals surface area contributed by atoms with Crippen molar-refractivity contribution < 1.29 is 0 Å². The van der Waals surface area contributed by atoms with Gasteiger partial charge in [0.25, 0.3) is 0 Å². The quantitative estimate of drug-likeness (QED) is 0.811. The zero-order valence-electron chi connectivity index (χ0n) is 13.0. The highest BCUT2D eigenvalue weighted by molar-refractivity contribution is 4.84. The van der Waals surface area contributed by atoms with Crippen molar-refractivity contribution in [3.8, 4) is 0 Å². The van der Waals surface area contributed by atoms with Gasteiger partial charge in [0.05, 0.1) is 0 Å². The fourth-order valence-electron chi connectivity index (χ4n) is 3.23. The van der Waals surface area contributed by atoms with Crippen molar-refractivity contribution in [2.45, 2.75) is 78.3 Å². The van der Waals surface area contributed by atoms with Crippen molar-refractivity contribution in [3.63, 3.8) is 0 Å². The minimum atomic E-state index is 0.391. The van der Waals surface area contributed by atoms with E-state index in [0.29, 0.717) is 12.1 Å². The Morgan fingerprint density at radius 3 is 1.89 bits per heavy atom. The van der Waals surface area contributed by atoms with Gasteiger partial charge < -0.3 is 5.73 Å².